The van der Waals surface area contributed by atoms with Crippen molar-refractivity contribution in [1.82, 2.24) is 5.16 Å². The smallest absolute Gasteiger partial charge is 0.127 e. The van der Waals surface area contributed by atoms with Crippen molar-refractivity contribution in [1.29, 1.82) is 0 Å². The molecule has 0 aliphatic rings. The molecule has 2 heterocycles. The Morgan fingerprint density at radius 3 is 3.00 bits per heavy atom. The Bertz CT molecular complexity index is 337. The van der Waals surface area contributed by atoms with Crippen LogP contribution in [0, 0.1) is 6.92 Å². The molecular weight excluding hydrogens is 158 g/mol. The summed E-state index contributed by atoms with van der Waals surface area (Å²) in [5, 5.41) is 5.92. The lowest BCUT2D eigenvalue weighted by Crippen LogP contribution is -1.72. The number of hydrogen-bond donors (Lipinski definition) is 0. The van der Waals surface area contributed by atoms with Gasteiger partial charge in [0.1, 0.15) is 12.0 Å². The number of thiophene rings is 1. The highest BCUT2D eigenvalue weighted by Crippen LogP contribution is 2.25. The van der Waals surface area contributed by atoms with Gasteiger partial charge in [-0.05, 0) is 18.4 Å². The largest absolute Gasteiger partial charge is 0.364 e. The zero-order valence-corrected chi connectivity index (χ0v) is 6.89. The molecule has 0 aliphatic carbocycles. The molecule has 0 N–H and O–H groups in total. The van der Waals surface area contributed by atoms with Gasteiger partial charge in [0.2, 0.25) is 0 Å². The Morgan fingerprint density at radius 1 is 1.55 bits per heavy atom. The lowest BCUT2D eigenvalue weighted by Gasteiger charge is -1.87. The molecule has 0 saturated heterocycles. The fraction of sp³-hybridized carbons (Fsp3) is 0.125. The first-order chi connectivity index (χ1) is 5.38. The zero-order chi connectivity index (χ0) is 7.68. The van der Waals surface area contributed by atoms with Crippen LogP contribution in [-0.2, 0) is 0 Å². The van der Waals surface area contributed by atoms with Gasteiger partial charge in [0.05, 0.1) is 4.88 Å². The van der Waals surface area contributed by atoms with Crippen LogP contribution >= 0.6 is 11.3 Å². The van der Waals surface area contributed by atoms with E-state index in [0.717, 1.165) is 16.1 Å². The summed E-state index contributed by atoms with van der Waals surface area (Å²) in [5.41, 5.74) is 2.05. The Kier molecular flexibility index (Phi) is 1.51. The van der Waals surface area contributed by atoms with E-state index < -0.39 is 0 Å². The van der Waals surface area contributed by atoms with E-state index in [-0.39, 0.29) is 0 Å². The maximum atomic E-state index is 4.83. The van der Waals surface area contributed by atoms with E-state index in [9.17, 15) is 0 Å². The molecule has 2 aromatic heterocycles. The molecule has 0 spiro atoms. The van der Waals surface area contributed by atoms with E-state index in [2.05, 4.69) is 5.16 Å². The Balaban J connectivity index is 2.53. The van der Waals surface area contributed by atoms with Crippen LogP contribution in [0.15, 0.2) is 28.3 Å². The molecule has 2 aromatic rings. The van der Waals surface area contributed by atoms with Gasteiger partial charge in [-0.15, -0.1) is 11.3 Å². The minimum absolute atomic E-state index is 0.958. The third kappa shape index (κ3) is 1.07. The molecular formula is C8H7NOS. The molecule has 0 radical (unpaired) electrons. The van der Waals surface area contributed by atoms with Crippen molar-refractivity contribution in [3.05, 3.63) is 29.3 Å². The summed E-state index contributed by atoms with van der Waals surface area (Å²) < 4.78 is 4.83. The monoisotopic (exact) mass is 165 g/mol. The van der Waals surface area contributed by atoms with Crippen LogP contribution in [0.3, 0.4) is 0 Å². The molecule has 11 heavy (non-hydrogen) atoms. The summed E-state index contributed by atoms with van der Waals surface area (Å²) in [6, 6.07) is 4.05. The summed E-state index contributed by atoms with van der Waals surface area (Å²) in [6.07, 6.45) is 1.66. The summed E-state index contributed by atoms with van der Waals surface area (Å²) in [6.45, 7) is 1.99. The van der Waals surface area contributed by atoms with E-state index >= 15 is 0 Å². The second-order valence-electron chi connectivity index (χ2n) is 2.32. The molecule has 2 nitrogen and oxygen atoms in total. The van der Waals surface area contributed by atoms with E-state index in [1.54, 1.807) is 17.6 Å². The van der Waals surface area contributed by atoms with Gasteiger partial charge in [0.25, 0.3) is 0 Å². The molecule has 56 valence electrons. The molecule has 0 aliphatic heterocycles. The number of aromatic nitrogens is 1. The third-order valence-electron chi connectivity index (χ3n) is 1.50. The van der Waals surface area contributed by atoms with Crippen molar-refractivity contribution < 1.29 is 4.52 Å². The lowest BCUT2D eigenvalue weighted by molar-refractivity contribution is 0.422. The highest BCUT2D eigenvalue weighted by Gasteiger charge is 2.05. The first kappa shape index (κ1) is 6.61. The minimum atomic E-state index is 0.958. The standard InChI is InChI=1S/C8H7NOS/c1-6-5-10-9-8(6)7-3-2-4-11-7/h2-5H,1H3. The number of nitrogens with zero attached hydrogens (tertiary/aromatic N) is 1. The summed E-state index contributed by atoms with van der Waals surface area (Å²) >= 11 is 1.67. The lowest BCUT2D eigenvalue weighted by atomic mass is 10.2. The summed E-state index contributed by atoms with van der Waals surface area (Å²) in [4.78, 5) is 1.16. The summed E-state index contributed by atoms with van der Waals surface area (Å²) in [7, 11) is 0. The second kappa shape index (κ2) is 2.51. The van der Waals surface area contributed by atoms with Gasteiger partial charge < -0.3 is 4.52 Å². The highest BCUT2D eigenvalue weighted by atomic mass is 32.1. The van der Waals surface area contributed by atoms with Gasteiger partial charge in [-0.2, -0.15) is 0 Å². The molecule has 2 rings (SSSR count). The van der Waals surface area contributed by atoms with Crippen LogP contribution in [0.2, 0.25) is 0 Å². The average molecular weight is 165 g/mol. The van der Waals surface area contributed by atoms with Gasteiger partial charge in [0.15, 0.2) is 0 Å². The van der Waals surface area contributed by atoms with Crippen LogP contribution in [0.5, 0.6) is 0 Å². The van der Waals surface area contributed by atoms with Gasteiger partial charge in [0, 0.05) is 5.56 Å². The molecule has 0 bridgehead atoms. The molecule has 0 atom stereocenters. The van der Waals surface area contributed by atoms with Crippen LogP contribution in [0.25, 0.3) is 10.6 Å². The summed E-state index contributed by atoms with van der Waals surface area (Å²) in [5.74, 6) is 0. The van der Waals surface area contributed by atoms with Crippen molar-refractivity contribution in [3.63, 3.8) is 0 Å². The maximum Gasteiger partial charge on any atom is 0.127 e. The predicted molar refractivity (Wildman–Crippen MR) is 44.6 cm³/mol. The molecule has 0 amide bonds. The minimum Gasteiger partial charge on any atom is -0.364 e. The maximum absolute atomic E-state index is 4.83. The van der Waals surface area contributed by atoms with Crippen LogP contribution in [0.1, 0.15) is 5.56 Å². The first-order valence-corrected chi connectivity index (χ1v) is 4.21. The Morgan fingerprint density at radius 2 is 2.45 bits per heavy atom. The second-order valence-corrected chi connectivity index (χ2v) is 3.27. The fourth-order valence-electron chi connectivity index (χ4n) is 0.939. The molecule has 0 fully saturated rings. The predicted octanol–water partition coefficient (Wildman–Crippen LogP) is 2.71. The Hall–Kier alpha value is -1.09. The number of rotatable bonds is 1. The van der Waals surface area contributed by atoms with Gasteiger partial charge in [-0.3, -0.25) is 0 Å². The normalized spacial score (nSPS) is 10.3. The van der Waals surface area contributed by atoms with Crippen LogP contribution in [-0.4, -0.2) is 5.16 Å². The van der Waals surface area contributed by atoms with Crippen molar-refractivity contribution in [2.24, 2.45) is 0 Å². The fourth-order valence-corrected chi connectivity index (χ4v) is 1.71. The topological polar surface area (TPSA) is 26.0 Å². The first-order valence-electron chi connectivity index (χ1n) is 3.33. The third-order valence-corrected chi connectivity index (χ3v) is 2.38. The molecule has 0 aromatic carbocycles. The molecule has 0 unspecified atom stereocenters. The van der Waals surface area contributed by atoms with Gasteiger partial charge in [-0.25, -0.2) is 0 Å². The molecule has 3 heteroatoms. The average Bonchev–Trinajstić information content (AvgIpc) is 2.55. The number of hydrogen-bond acceptors (Lipinski definition) is 3. The van der Waals surface area contributed by atoms with E-state index in [1.807, 2.05) is 24.4 Å². The van der Waals surface area contributed by atoms with E-state index in [1.165, 1.54) is 0 Å². The SMILES string of the molecule is Cc1conc1-c1cccs1. The van der Waals surface area contributed by atoms with Crippen LogP contribution in [0.4, 0.5) is 0 Å². The molecule has 0 saturated carbocycles. The van der Waals surface area contributed by atoms with E-state index in [0.29, 0.717) is 0 Å². The zero-order valence-electron chi connectivity index (χ0n) is 6.07. The van der Waals surface area contributed by atoms with Crippen LogP contribution < -0.4 is 0 Å². The van der Waals surface area contributed by atoms with Crippen molar-refractivity contribution >= 4 is 11.3 Å². The van der Waals surface area contributed by atoms with Crippen molar-refractivity contribution in [3.8, 4) is 10.6 Å². The Labute approximate surface area is 68.5 Å². The quantitative estimate of drug-likeness (QED) is 0.649. The highest BCUT2D eigenvalue weighted by molar-refractivity contribution is 7.13. The van der Waals surface area contributed by atoms with Crippen molar-refractivity contribution in [2.45, 2.75) is 6.92 Å². The van der Waals surface area contributed by atoms with E-state index in [4.69, 9.17) is 4.52 Å². The van der Waals surface area contributed by atoms with Gasteiger partial charge in [-0.1, -0.05) is 11.2 Å². The van der Waals surface area contributed by atoms with Gasteiger partial charge >= 0.3 is 0 Å². The number of aryl methyl sites for hydroxylation is 1. The van der Waals surface area contributed by atoms with Crippen molar-refractivity contribution in [2.75, 3.05) is 0 Å².